The molecule has 1 atom stereocenters. The van der Waals surface area contributed by atoms with E-state index >= 15 is 0 Å². The first-order chi connectivity index (χ1) is 12.1. The molecule has 0 bridgehead atoms. The van der Waals surface area contributed by atoms with Crippen molar-refractivity contribution in [2.75, 3.05) is 34.9 Å². The highest BCUT2D eigenvalue weighted by molar-refractivity contribution is 5.90. The van der Waals surface area contributed by atoms with Crippen molar-refractivity contribution in [2.45, 2.75) is 12.5 Å². The molecule has 25 heavy (non-hydrogen) atoms. The summed E-state index contributed by atoms with van der Waals surface area (Å²) in [6, 6.07) is 10.1. The molecule has 1 unspecified atom stereocenters. The predicted octanol–water partition coefficient (Wildman–Crippen LogP) is 2.38. The standard InChI is InChI=1S/C18H23N5O2/c1-22(2)9-8-16(23-20-12-19-21-23)15-10-13-6-5-7-17(24-3)14(13)11-18(15)25-4/h5-7,10-12,16H,8-9H2,1-4H3. The van der Waals surface area contributed by atoms with E-state index in [0.29, 0.717) is 0 Å². The van der Waals surface area contributed by atoms with Gasteiger partial charge in [0.15, 0.2) is 6.33 Å². The third kappa shape index (κ3) is 3.56. The molecule has 1 heterocycles. The number of tetrazole rings is 1. The van der Waals surface area contributed by atoms with E-state index in [4.69, 9.17) is 9.47 Å². The Bertz CT molecular complexity index is 833. The maximum atomic E-state index is 5.68. The van der Waals surface area contributed by atoms with Gasteiger partial charge in [-0.05, 0) is 55.9 Å². The molecular formula is C18H23N5O2. The van der Waals surface area contributed by atoms with Crippen molar-refractivity contribution in [3.05, 3.63) is 42.2 Å². The van der Waals surface area contributed by atoms with Crippen LogP contribution in [0.15, 0.2) is 36.7 Å². The van der Waals surface area contributed by atoms with Gasteiger partial charge in [0.05, 0.1) is 14.2 Å². The topological polar surface area (TPSA) is 65.3 Å². The highest BCUT2D eigenvalue weighted by Crippen LogP contribution is 2.36. The van der Waals surface area contributed by atoms with Crippen molar-refractivity contribution in [1.29, 1.82) is 0 Å². The summed E-state index contributed by atoms with van der Waals surface area (Å²) in [7, 11) is 7.45. The number of hydrogen-bond donors (Lipinski definition) is 0. The molecule has 0 amide bonds. The van der Waals surface area contributed by atoms with Crippen LogP contribution in [0.2, 0.25) is 0 Å². The number of ether oxygens (including phenoxy) is 2. The number of nitrogens with zero attached hydrogens (tertiary/aromatic N) is 5. The molecular weight excluding hydrogens is 318 g/mol. The lowest BCUT2D eigenvalue weighted by Gasteiger charge is -2.21. The Morgan fingerprint density at radius 3 is 2.56 bits per heavy atom. The van der Waals surface area contributed by atoms with Crippen LogP contribution in [0.25, 0.3) is 10.8 Å². The Hall–Kier alpha value is -2.67. The second kappa shape index (κ2) is 7.48. The van der Waals surface area contributed by atoms with Gasteiger partial charge in [-0.25, -0.2) is 0 Å². The first kappa shape index (κ1) is 17.2. The van der Waals surface area contributed by atoms with Crippen molar-refractivity contribution in [1.82, 2.24) is 25.1 Å². The van der Waals surface area contributed by atoms with Gasteiger partial charge in [-0.3, -0.25) is 0 Å². The lowest BCUT2D eigenvalue weighted by atomic mass is 9.98. The highest BCUT2D eigenvalue weighted by atomic mass is 16.5. The zero-order valence-electron chi connectivity index (χ0n) is 15.0. The number of rotatable bonds is 7. The number of fused-ring (bicyclic) bond motifs is 1. The zero-order valence-corrected chi connectivity index (χ0v) is 15.0. The summed E-state index contributed by atoms with van der Waals surface area (Å²) in [6.45, 7) is 0.894. The van der Waals surface area contributed by atoms with E-state index in [-0.39, 0.29) is 6.04 Å². The van der Waals surface area contributed by atoms with Gasteiger partial charge in [0.2, 0.25) is 0 Å². The zero-order chi connectivity index (χ0) is 17.8. The van der Waals surface area contributed by atoms with Gasteiger partial charge >= 0.3 is 0 Å². The van der Waals surface area contributed by atoms with Crippen LogP contribution in [0, 0.1) is 0 Å². The van der Waals surface area contributed by atoms with E-state index in [1.165, 1.54) is 6.33 Å². The molecule has 3 rings (SSSR count). The first-order valence-corrected chi connectivity index (χ1v) is 8.16. The minimum Gasteiger partial charge on any atom is -0.496 e. The SMILES string of the molecule is COc1cc2c(OC)cccc2cc1C(CCN(C)C)n1ncnn1. The monoisotopic (exact) mass is 341 g/mol. The summed E-state index contributed by atoms with van der Waals surface area (Å²) in [5.41, 5.74) is 1.03. The van der Waals surface area contributed by atoms with E-state index in [1.54, 1.807) is 19.0 Å². The van der Waals surface area contributed by atoms with Gasteiger partial charge in [0.1, 0.15) is 17.5 Å². The van der Waals surface area contributed by atoms with Crippen LogP contribution < -0.4 is 9.47 Å². The fraction of sp³-hybridized carbons (Fsp3) is 0.389. The van der Waals surface area contributed by atoms with Gasteiger partial charge in [-0.1, -0.05) is 12.1 Å². The maximum Gasteiger partial charge on any atom is 0.162 e. The molecule has 7 heteroatoms. The van der Waals surface area contributed by atoms with Crippen LogP contribution in [0.4, 0.5) is 0 Å². The smallest absolute Gasteiger partial charge is 0.162 e. The Balaban J connectivity index is 2.12. The second-order valence-electron chi connectivity index (χ2n) is 6.14. The quantitative estimate of drug-likeness (QED) is 0.657. The third-order valence-electron chi connectivity index (χ3n) is 4.26. The molecule has 0 saturated carbocycles. The Morgan fingerprint density at radius 2 is 1.92 bits per heavy atom. The number of hydrogen-bond acceptors (Lipinski definition) is 6. The molecule has 0 spiro atoms. The second-order valence-corrected chi connectivity index (χ2v) is 6.14. The third-order valence-corrected chi connectivity index (χ3v) is 4.26. The van der Waals surface area contributed by atoms with Gasteiger partial charge in [-0.15, -0.1) is 10.2 Å². The lowest BCUT2D eigenvalue weighted by Crippen LogP contribution is -2.22. The number of methoxy groups -OCH3 is 2. The molecule has 0 N–H and O–H groups in total. The normalized spacial score (nSPS) is 12.5. The molecule has 0 aliphatic heterocycles. The minimum atomic E-state index is -0.0598. The summed E-state index contributed by atoms with van der Waals surface area (Å²) < 4.78 is 11.2. The molecule has 3 aromatic rings. The maximum absolute atomic E-state index is 5.68. The van der Waals surface area contributed by atoms with Gasteiger partial charge in [0, 0.05) is 10.9 Å². The molecule has 2 aromatic carbocycles. The average Bonchev–Trinajstić information content (AvgIpc) is 3.14. The van der Waals surface area contributed by atoms with Crippen LogP contribution >= 0.6 is 0 Å². The van der Waals surface area contributed by atoms with E-state index in [2.05, 4.69) is 32.4 Å². The van der Waals surface area contributed by atoms with Gasteiger partial charge < -0.3 is 14.4 Å². The van der Waals surface area contributed by atoms with Crippen molar-refractivity contribution in [3.63, 3.8) is 0 Å². The number of aromatic nitrogens is 4. The summed E-state index contributed by atoms with van der Waals surface area (Å²) in [5.74, 6) is 1.61. The van der Waals surface area contributed by atoms with E-state index in [0.717, 1.165) is 40.8 Å². The highest BCUT2D eigenvalue weighted by Gasteiger charge is 2.21. The molecule has 0 aliphatic carbocycles. The van der Waals surface area contributed by atoms with Crippen molar-refractivity contribution >= 4 is 10.8 Å². The Kier molecular flexibility index (Phi) is 5.14. The van der Waals surface area contributed by atoms with Crippen molar-refractivity contribution in [3.8, 4) is 11.5 Å². The summed E-state index contributed by atoms with van der Waals surface area (Å²) in [5, 5.41) is 14.3. The lowest BCUT2D eigenvalue weighted by molar-refractivity contribution is 0.330. The van der Waals surface area contributed by atoms with Crippen LogP contribution in [-0.2, 0) is 0 Å². The van der Waals surface area contributed by atoms with E-state index in [1.807, 2.05) is 32.3 Å². The van der Waals surface area contributed by atoms with Gasteiger partial charge in [0.25, 0.3) is 0 Å². The molecule has 0 fully saturated rings. The Morgan fingerprint density at radius 1 is 1.12 bits per heavy atom. The molecule has 0 radical (unpaired) electrons. The molecule has 7 nitrogen and oxygen atoms in total. The summed E-state index contributed by atoms with van der Waals surface area (Å²) in [6.07, 6.45) is 2.30. The fourth-order valence-corrected chi connectivity index (χ4v) is 3.00. The van der Waals surface area contributed by atoms with Crippen molar-refractivity contribution < 1.29 is 9.47 Å². The first-order valence-electron chi connectivity index (χ1n) is 8.16. The molecule has 1 aromatic heterocycles. The molecule has 132 valence electrons. The Labute approximate surface area is 147 Å². The predicted molar refractivity (Wildman–Crippen MR) is 96.2 cm³/mol. The number of benzene rings is 2. The minimum absolute atomic E-state index is 0.0598. The van der Waals surface area contributed by atoms with E-state index in [9.17, 15) is 0 Å². The van der Waals surface area contributed by atoms with Crippen LogP contribution in [0.5, 0.6) is 11.5 Å². The molecule has 0 aliphatic rings. The summed E-state index contributed by atoms with van der Waals surface area (Å²) >= 11 is 0. The van der Waals surface area contributed by atoms with E-state index < -0.39 is 0 Å². The van der Waals surface area contributed by atoms with Gasteiger partial charge in [-0.2, -0.15) is 4.80 Å². The van der Waals surface area contributed by atoms with Crippen molar-refractivity contribution in [2.24, 2.45) is 0 Å². The fourth-order valence-electron chi connectivity index (χ4n) is 3.00. The largest absolute Gasteiger partial charge is 0.496 e. The molecule has 0 saturated heterocycles. The van der Waals surface area contributed by atoms with Crippen LogP contribution in [0.1, 0.15) is 18.0 Å². The van der Waals surface area contributed by atoms with Crippen LogP contribution in [0.3, 0.4) is 0 Å². The average molecular weight is 341 g/mol. The van der Waals surface area contributed by atoms with Crippen LogP contribution in [-0.4, -0.2) is 60.0 Å². The summed E-state index contributed by atoms with van der Waals surface area (Å²) in [4.78, 5) is 3.79.